The van der Waals surface area contributed by atoms with Crippen molar-refractivity contribution in [1.29, 1.82) is 0 Å². The number of carbonyl (C=O) groups is 2. The van der Waals surface area contributed by atoms with Gasteiger partial charge in [0.05, 0.1) is 4.88 Å². The number of amides is 2. The molecule has 27 heavy (non-hydrogen) atoms. The van der Waals surface area contributed by atoms with Gasteiger partial charge in [-0.3, -0.25) is 9.59 Å². The molecule has 3 rings (SSSR count). The second kappa shape index (κ2) is 9.04. The maximum Gasteiger partial charge on any atom is 0.265 e. The average Bonchev–Trinajstić information content (AvgIpc) is 3.20. The van der Waals surface area contributed by atoms with Crippen molar-refractivity contribution in [2.45, 2.75) is 51.6 Å². The van der Waals surface area contributed by atoms with E-state index >= 15 is 0 Å². The van der Waals surface area contributed by atoms with Crippen LogP contribution < -0.4 is 16.0 Å². The first kappa shape index (κ1) is 19.4. The minimum Gasteiger partial charge on any atom is -0.374 e. The molecule has 1 aliphatic rings. The van der Waals surface area contributed by atoms with Crippen molar-refractivity contribution < 1.29 is 9.59 Å². The highest BCUT2D eigenvalue weighted by Crippen LogP contribution is 2.23. The number of hydrogen-bond donors (Lipinski definition) is 3. The smallest absolute Gasteiger partial charge is 0.265 e. The summed E-state index contributed by atoms with van der Waals surface area (Å²) in [6.07, 6.45) is 4.51. The Balaban J connectivity index is 1.48. The van der Waals surface area contributed by atoms with Gasteiger partial charge in [-0.1, -0.05) is 13.0 Å². The molecule has 144 valence electrons. The first-order valence-corrected chi connectivity index (χ1v) is 10.4. The minimum atomic E-state index is -0.309. The summed E-state index contributed by atoms with van der Waals surface area (Å²) in [4.78, 5) is 25.2. The maximum absolute atomic E-state index is 12.4. The van der Waals surface area contributed by atoms with Crippen LogP contribution in [0.3, 0.4) is 0 Å². The molecule has 2 aromatic rings. The molecule has 6 heteroatoms. The van der Waals surface area contributed by atoms with E-state index in [2.05, 4.69) is 22.9 Å². The lowest BCUT2D eigenvalue weighted by molar-refractivity contribution is -0.122. The monoisotopic (exact) mass is 385 g/mol. The zero-order valence-corrected chi connectivity index (χ0v) is 16.6. The van der Waals surface area contributed by atoms with E-state index in [9.17, 15) is 9.59 Å². The normalized spacial score (nSPS) is 20.5. The first-order chi connectivity index (χ1) is 13.0. The van der Waals surface area contributed by atoms with E-state index < -0.39 is 0 Å². The van der Waals surface area contributed by atoms with Gasteiger partial charge in [0.25, 0.3) is 5.91 Å². The van der Waals surface area contributed by atoms with Crippen molar-refractivity contribution in [3.05, 3.63) is 46.7 Å². The summed E-state index contributed by atoms with van der Waals surface area (Å²) in [6, 6.07) is 11.0. The summed E-state index contributed by atoms with van der Waals surface area (Å²) in [5, 5.41) is 11.1. The van der Waals surface area contributed by atoms with Crippen LogP contribution in [-0.2, 0) is 4.79 Å². The van der Waals surface area contributed by atoms with Gasteiger partial charge in [0.1, 0.15) is 6.04 Å². The third kappa shape index (κ3) is 5.57. The lowest BCUT2D eigenvalue weighted by atomic mass is 9.87. The second-order valence-corrected chi connectivity index (χ2v) is 8.29. The highest BCUT2D eigenvalue weighted by Gasteiger charge is 2.22. The van der Waals surface area contributed by atoms with Gasteiger partial charge in [-0.15, -0.1) is 11.3 Å². The Bertz CT molecular complexity index is 750. The number of hydrogen-bond acceptors (Lipinski definition) is 4. The van der Waals surface area contributed by atoms with E-state index in [4.69, 9.17) is 0 Å². The average molecular weight is 386 g/mol. The largest absolute Gasteiger partial charge is 0.374 e. The fourth-order valence-electron chi connectivity index (χ4n) is 3.30. The molecular weight excluding hydrogens is 358 g/mol. The first-order valence-electron chi connectivity index (χ1n) is 9.53. The van der Waals surface area contributed by atoms with Crippen molar-refractivity contribution in [3.8, 4) is 0 Å². The van der Waals surface area contributed by atoms with E-state index in [0.29, 0.717) is 10.9 Å². The van der Waals surface area contributed by atoms with Crippen molar-refractivity contribution in [2.75, 3.05) is 10.6 Å². The number of carbonyl (C=O) groups excluding carboxylic acids is 2. The van der Waals surface area contributed by atoms with Crippen LogP contribution in [0.2, 0.25) is 0 Å². The number of anilines is 2. The molecule has 1 heterocycles. The van der Waals surface area contributed by atoms with Gasteiger partial charge < -0.3 is 16.0 Å². The lowest BCUT2D eigenvalue weighted by Gasteiger charge is -2.28. The third-order valence-corrected chi connectivity index (χ3v) is 5.90. The van der Waals surface area contributed by atoms with Gasteiger partial charge in [-0.25, -0.2) is 0 Å². The summed E-state index contributed by atoms with van der Waals surface area (Å²) in [6.45, 7) is 4.14. The second-order valence-electron chi connectivity index (χ2n) is 7.34. The molecule has 0 radical (unpaired) electrons. The summed E-state index contributed by atoms with van der Waals surface area (Å²) in [5.41, 5.74) is 1.58. The Labute approximate surface area is 164 Å². The molecular formula is C21H27N3O2S. The van der Waals surface area contributed by atoms with Gasteiger partial charge in [0.15, 0.2) is 0 Å². The van der Waals surface area contributed by atoms with Gasteiger partial charge in [-0.05, 0) is 74.2 Å². The molecule has 0 bridgehead atoms. The third-order valence-electron chi connectivity index (χ3n) is 5.03. The molecule has 0 saturated heterocycles. The van der Waals surface area contributed by atoms with Gasteiger partial charge in [0, 0.05) is 17.4 Å². The van der Waals surface area contributed by atoms with Gasteiger partial charge >= 0.3 is 0 Å². The van der Waals surface area contributed by atoms with Crippen molar-refractivity contribution in [2.24, 2.45) is 5.92 Å². The Hall–Kier alpha value is -2.34. The molecule has 1 saturated carbocycles. The molecule has 3 N–H and O–H groups in total. The van der Waals surface area contributed by atoms with Crippen molar-refractivity contribution in [3.63, 3.8) is 0 Å². The Morgan fingerprint density at radius 1 is 1.04 bits per heavy atom. The zero-order valence-electron chi connectivity index (χ0n) is 15.8. The molecule has 1 atom stereocenters. The summed E-state index contributed by atoms with van der Waals surface area (Å²) < 4.78 is 0. The quantitative estimate of drug-likeness (QED) is 0.686. The highest BCUT2D eigenvalue weighted by atomic mass is 32.1. The van der Waals surface area contributed by atoms with Gasteiger partial charge in [0.2, 0.25) is 5.91 Å². The summed E-state index contributed by atoms with van der Waals surface area (Å²) in [7, 11) is 0. The maximum atomic E-state index is 12.4. The van der Waals surface area contributed by atoms with Crippen LogP contribution >= 0.6 is 11.3 Å². The number of rotatable bonds is 6. The number of nitrogens with one attached hydrogen (secondary N) is 3. The molecule has 1 aromatic carbocycles. The van der Waals surface area contributed by atoms with Crippen molar-refractivity contribution in [1.82, 2.24) is 5.32 Å². The van der Waals surface area contributed by atoms with E-state index in [0.717, 1.165) is 30.1 Å². The fourth-order valence-corrected chi connectivity index (χ4v) is 3.92. The molecule has 2 amide bonds. The molecule has 1 aromatic heterocycles. The predicted octanol–water partition coefficient (Wildman–Crippen LogP) is 4.50. The van der Waals surface area contributed by atoms with E-state index in [1.165, 1.54) is 24.2 Å². The van der Waals surface area contributed by atoms with Crippen LogP contribution in [-0.4, -0.2) is 23.9 Å². The van der Waals surface area contributed by atoms with E-state index in [-0.39, 0.29) is 17.9 Å². The topological polar surface area (TPSA) is 70.2 Å². The van der Waals surface area contributed by atoms with Crippen LogP contribution in [0.25, 0.3) is 0 Å². The van der Waals surface area contributed by atoms with Crippen LogP contribution in [0, 0.1) is 5.92 Å². The number of thiophene rings is 1. The Morgan fingerprint density at radius 3 is 2.33 bits per heavy atom. The Morgan fingerprint density at radius 2 is 1.70 bits per heavy atom. The predicted molar refractivity (Wildman–Crippen MR) is 111 cm³/mol. The molecule has 0 aliphatic heterocycles. The molecule has 1 unspecified atom stereocenters. The Kier molecular flexibility index (Phi) is 6.50. The van der Waals surface area contributed by atoms with Gasteiger partial charge in [-0.2, -0.15) is 0 Å². The fraction of sp³-hybridized carbons (Fsp3) is 0.429. The number of benzene rings is 1. The summed E-state index contributed by atoms with van der Waals surface area (Å²) >= 11 is 1.41. The van der Waals surface area contributed by atoms with Crippen molar-refractivity contribution >= 4 is 34.5 Å². The van der Waals surface area contributed by atoms with E-state index in [1.807, 2.05) is 42.6 Å². The van der Waals surface area contributed by atoms with E-state index in [1.54, 1.807) is 6.07 Å². The molecule has 1 fully saturated rings. The van der Waals surface area contributed by atoms with Crippen LogP contribution in [0.1, 0.15) is 49.2 Å². The summed E-state index contributed by atoms with van der Waals surface area (Å²) in [5.74, 6) is 0.692. The van der Waals surface area contributed by atoms with Crippen LogP contribution in [0.4, 0.5) is 11.4 Å². The van der Waals surface area contributed by atoms with Crippen LogP contribution in [0.15, 0.2) is 41.8 Å². The van der Waals surface area contributed by atoms with Crippen LogP contribution in [0.5, 0.6) is 0 Å². The minimum absolute atomic E-state index is 0.0321. The molecule has 5 nitrogen and oxygen atoms in total. The molecule has 0 spiro atoms. The SMILES string of the molecule is CC1CCC(NC(=O)C(C)Nc2ccc(NC(=O)c3cccs3)cc2)CC1. The lowest BCUT2D eigenvalue weighted by Crippen LogP contribution is -2.44. The molecule has 1 aliphatic carbocycles. The zero-order chi connectivity index (χ0) is 19.2. The standard InChI is InChI=1S/C21H27N3O2S/c1-14-5-7-17(8-6-14)23-20(25)15(2)22-16-9-11-18(12-10-16)24-21(26)19-4-3-13-27-19/h3-4,9-15,17,22H,5-8H2,1-2H3,(H,23,25)(H,24,26). The highest BCUT2D eigenvalue weighted by molar-refractivity contribution is 7.12.